The molecule has 0 unspecified atom stereocenters. The number of nitrogens with one attached hydrogen (secondary N) is 2. The summed E-state index contributed by atoms with van der Waals surface area (Å²) in [6, 6.07) is 17.1. The van der Waals surface area contributed by atoms with Gasteiger partial charge in [-0.1, -0.05) is 36.8 Å². The van der Waals surface area contributed by atoms with Crippen molar-refractivity contribution in [3.63, 3.8) is 0 Å². The zero-order valence-electron chi connectivity index (χ0n) is 18.8. The van der Waals surface area contributed by atoms with Crippen LogP contribution in [0.2, 0.25) is 0 Å². The number of hydrogen-bond acceptors (Lipinski definition) is 5. The average Bonchev–Trinajstić information content (AvgIpc) is 3.05. The van der Waals surface area contributed by atoms with Crippen molar-refractivity contribution in [2.24, 2.45) is 0 Å². The topological polar surface area (TPSA) is 90.3 Å². The summed E-state index contributed by atoms with van der Waals surface area (Å²) in [7, 11) is 0. The van der Waals surface area contributed by atoms with E-state index in [4.69, 9.17) is 9.47 Å². The molecule has 0 saturated heterocycles. The lowest BCUT2D eigenvalue weighted by atomic mass is 10.2. The number of urea groups is 1. The lowest BCUT2D eigenvalue weighted by molar-refractivity contribution is 0.0889. The van der Waals surface area contributed by atoms with Gasteiger partial charge in [0.1, 0.15) is 24.0 Å². The second kappa shape index (κ2) is 12.0. The standard InChI is InChI=1S/C25H31N5O3/c31-25(26-14-13-24-29-28-23-12-5-2-6-15-30(23)24)27-21-9-7-8-20(18-21)19-32-16-17-33-22-10-3-1-4-11-22/h1,3-4,7-11,18H,2,5-6,12-17,19H2,(H2,26,27,31). The molecular formula is C25H31N5O3. The van der Waals surface area contributed by atoms with E-state index in [2.05, 4.69) is 25.4 Å². The molecule has 0 aliphatic carbocycles. The van der Waals surface area contributed by atoms with Gasteiger partial charge in [0.15, 0.2) is 0 Å². The highest BCUT2D eigenvalue weighted by Crippen LogP contribution is 2.15. The summed E-state index contributed by atoms with van der Waals surface area (Å²) in [5.41, 5.74) is 1.71. The Kier molecular flexibility index (Phi) is 8.30. The number of ether oxygens (including phenoxy) is 2. The largest absolute Gasteiger partial charge is 0.491 e. The Balaban J connectivity index is 1.16. The molecule has 1 aliphatic heterocycles. The molecule has 1 aromatic heterocycles. The van der Waals surface area contributed by atoms with Gasteiger partial charge in [0, 0.05) is 31.6 Å². The highest BCUT2D eigenvalue weighted by molar-refractivity contribution is 5.89. The van der Waals surface area contributed by atoms with E-state index >= 15 is 0 Å². The van der Waals surface area contributed by atoms with E-state index in [-0.39, 0.29) is 6.03 Å². The van der Waals surface area contributed by atoms with Crippen molar-refractivity contribution in [2.75, 3.05) is 25.1 Å². The maximum atomic E-state index is 12.3. The first kappa shape index (κ1) is 22.8. The van der Waals surface area contributed by atoms with E-state index in [1.807, 2.05) is 54.6 Å². The Morgan fingerprint density at radius 1 is 1.00 bits per heavy atom. The minimum Gasteiger partial charge on any atom is -0.491 e. The molecule has 4 rings (SSSR count). The number of carbonyl (C=O) groups is 1. The fourth-order valence-electron chi connectivity index (χ4n) is 3.86. The van der Waals surface area contributed by atoms with Crippen LogP contribution in [0, 0.1) is 0 Å². The molecule has 0 bridgehead atoms. The van der Waals surface area contributed by atoms with E-state index in [9.17, 15) is 4.79 Å². The third-order valence-electron chi connectivity index (χ3n) is 5.51. The summed E-state index contributed by atoms with van der Waals surface area (Å²) in [4.78, 5) is 12.3. The van der Waals surface area contributed by atoms with E-state index < -0.39 is 0 Å². The molecule has 2 N–H and O–H groups in total. The molecule has 2 amide bonds. The predicted octanol–water partition coefficient (Wildman–Crippen LogP) is 3.96. The van der Waals surface area contributed by atoms with Crippen molar-refractivity contribution in [2.45, 2.75) is 45.3 Å². The summed E-state index contributed by atoms with van der Waals surface area (Å²) in [5, 5.41) is 14.4. The molecule has 1 aliphatic rings. The third kappa shape index (κ3) is 7.05. The number of rotatable bonds is 10. The van der Waals surface area contributed by atoms with Gasteiger partial charge in [0.2, 0.25) is 0 Å². The van der Waals surface area contributed by atoms with Gasteiger partial charge < -0.3 is 24.7 Å². The Labute approximate surface area is 194 Å². The molecule has 2 aromatic carbocycles. The quantitative estimate of drug-likeness (QED) is 0.457. The van der Waals surface area contributed by atoms with Crippen molar-refractivity contribution in [3.05, 3.63) is 71.8 Å². The van der Waals surface area contributed by atoms with Crippen LogP contribution >= 0.6 is 0 Å². The number of aromatic nitrogens is 3. The summed E-state index contributed by atoms with van der Waals surface area (Å²) in [6.07, 6.45) is 5.21. The second-order valence-corrected chi connectivity index (χ2v) is 8.04. The van der Waals surface area contributed by atoms with Crippen LogP contribution in [0.4, 0.5) is 10.5 Å². The van der Waals surface area contributed by atoms with Crippen molar-refractivity contribution in [1.29, 1.82) is 0 Å². The van der Waals surface area contributed by atoms with E-state index in [0.717, 1.165) is 48.0 Å². The van der Waals surface area contributed by atoms with Crippen molar-refractivity contribution < 1.29 is 14.3 Å². The molecule has 8 heteroatoms. The van der Waals surface area contributed by atoms with Gasteiger partial charge in [-0.05, 0) is 42.7 Å². The first-order valence-electron chi connectivity index (χ1n) is 11.6. The zero-order valence-corrected chi connectivity index (χ0v) is 18.8. The van der Waals surface area contributed by atoms with Crippen molar-refractivity contribution in [1.82, 2.24) is 20.1 Å². The highest BCUT2D eigenvalue weighted by Gasteiger charge is 2.14. The Hall–Kier alpha value is -3.39. The number of aryl methyl sites for hydroxylation is 1. The number of para-hydroxylation sites is 1. The number of benzene rings is 2. The molecule has 33 heavy (non-hydrogen) atoms. The van der Waals surface area contributed by atoms with Gasteiger partial charge in [-0.3, -0.25) is 0 Å². The fourth-order valence-corrected chi connectivity index (χ4v) is 3.86. The van der Waals surface area contributed by atoms with Crippen LogP contribution < -0.4 is 15.4 Å². The minimum absolute atomic E-state index is 0.236. The molecule has 0 fully saturated rings. The van der Waals surface area contributed by atoms with Crippen molar-refractivity contribution in [3.8, 4) is 5.75 Å². The Bertz CT molecular complexity index is 1020. The van der Waals surface area contributed by atoms with Crippen LogP contribution in [0.3, 0.4) is 0 Å². The fraction of sp³-hybridized carbons (Fsp3) is 0.400. The molecule has 2 heterocycles. The van der Waals surface area contributed by atoms with Crippen LogP contribution in [0.25, 0.3) is 0 Å². The summed E-state index contributed by atoms with van der Waals surface area (Å²) >= 11 is 0. The first-order valence-corrected chi connectivity index (χ1v) is 11.6. The molecule has 174 valence electrons. The molecule has 3 aromatic rings. The lowest BCUT2D eigenvalue weighted by Gasteiger charge is -2.10. The molecule has 0 spiro atoms. The minimum atomic E-state index is -0.236. The normalized spacial score (nSPS) is 13.1. The number of amides is 2. The monoisotopic (exact) mass is 449 g/mol. The average molecular weight is 450 g/mol. The molecular weight excluding hydrogens is 418 g/mol. The number of anilines is 1. The zero-order chi connectivity index (χ0) is 22.7. The van der Waals surface area contributed by atoms with Gasteiger partial charge in [0.05, 0.1) is 13.2 Å². The van der Waals surface area contributed by atoms with Crippen LogP contribution in [0.5, 0.6) is 5.75 Å². The highest BCUT2D eigenvalue weighted by atomic mass is 16.5. The molecule has 0 saturated carbocycles. The van der Waals surface area contributed by atoms with Crippen LogP contribution in [0.15, 0.2) is 54.6 Å². The summed E-state index contributed by atoms with van der Waals surface area (Å²) in [6.45, 7) is 2.90. The number of fused-ring (bicyclic) bond motifs is 1. The summed E-state index contributed by atoms with van der Waals surface area (Å²) in [5.74, 6) is 2.85. The van der Waals surface area contributed by atoms with Gasteiger partial charge in [-0.2, -0.15) is 0 Å². The molecule has 0 radical (unpaired) electrons. The number of hydrogen-bond donors (Lipinski definition) is 2. The van der Waals surface area contributed by atoms with E-state index in [0.29, 0.717) is 32.8 Å². The smallest absolute Gasteiger partial charge is 0.319 e. The first-order chi connectivity index (χ1) is 16.3. The van der Waals surface area contributed by atoms with E-state index in [1.54, 1.807) is 0 Å². The number of carbonyl (C=O) groups excluding carboxylic acids is 1. The predicted molar refractivity (Wildman–Crippen MR) is 126 cm³/mol. The van der Waals surface area contributed by atoms with Crippen LogP contribution in [-0.2, 0) is 30.7 Å². The van der Waals surface area contributed by atoms with Crippen molar-refractivity contribution >= 4 is 11.7 Å². The number of nitrogens with zero attached hydrogens (tertiary/aromatic N) is 3. The van der Waals surface area contributed by atoms with Gasteiger partial charge in [-0.15, -0.1) is 10.2 Å². The Morgan fingerprint density at radius 3 is 2.82 bits per heavy atom. The van der Waals surface area contributed by atoms with Crippen LogP contribution in [0.1, 0.15) is 36.5 Å². The van der Waals surface area contributed by atoms with Gasteiger partial charge in [-0.25, -0.2) is 4.79 Å². The SMILES string of the molecule is O=C(NCCc1nnc2n1CCCCC2)Nc1cccc(COCCOc2ccccc2)c1. The second-order valence-electron chi connectivity index (χ2n) is 8.04. The molecule has 8 nitrogen and oxygen atoms in total. The summed E-state index contributed by atoms with van der Waals surface area (Å²) < 4.78 is 13.5. The van der Waals surface area contributed by atoms with Gasteiger partial charge in [0.25, 0.3) is 0 Å². The maximum Gasteiger partial charge on any atom is 0.319 e. The van der Waals surface area contributed by atoms with Crippen LogP contribution in [-0.4, -0.2) is 40.6 Å². The van der Waals surface area contributed by atoms with Gasteiger partial charge >= 0.3 is 6.03 Å². The van der Waals surface area contributed by atoms with E-state index in [1.165, 1.54) is 12.8 Å². The third-order valence-corrected chi connectivity index (χ3v) is 5.51. The Morgan fingerprint density at radius 2 is 1.91 bits per heavy atom. The molecule has 0 atom stereocenters. The lowest BCUT2D eigenvalue weighted by Crippen LogP contribution is -2.31. The maximum absolute atomic E-state index is 12.3.